The number of anilines is 1. The third kappa shape index (κ3) is 3.60. The average Bonchev–Trinajstić information content (AvgIpc) is 2.59. The van der Waals surface area contributed by atoms with Crippen LogP contribution in [0, 0.1) is 0 Å². The number of thiophene rings is 1. The number of rotatable bonds is 2. The molecule has 0 unspecified atom stereocenters. The molecule has 0 bridgehead atoms. The molecule has 1 aromatic rings. The molecule has 0 fully saturated rings. The minimum atomic E-state index is -0.803. The molecule has 21 heavy (non-hydrogen) atoms. The van der Waals surface area contributed by atoms with Crippen molar-refractivity contribution in [3.8, 4) is 0 Å². The van der Waals surface area contributed by atoms with Crippen LogP contribution in [0.5, 0.6) is 0 Å². The minimum absolute atomic E-state index is 0.237. The lowest BCUT2D eigenvalue weighted by molar-refractivity contribution is -0.114. The molecule has 0 spiro atoms. The van der Waals surface area contributed by atoms with Crippen molar-refractivity contribution in [3.05, 3.63) is 16.0 Å². The molecule has 0 aromatic carbocycles. The van der Waals surface area contributed by atoms with Crippen LogP contribution in [0.1, 0.15) is 47.0 Å². The van der Waals surface area contributed by atoms with Crippen LogP contribution in [-0.4, -0.2) is 25.0 Å². The molecule has 0 atom stereocenters. The van der Waals surface area contributed by atoms with Crippen molar-refractivity contribution < 1.29 is 19.1 Å². The number of alkyl carbamates (subject to hydrolysis) is 1. The molecule has 1 aliphatic rings. The highest BCUT2D eigenvalue weighted by atomic mass is 32.1. The number of ether oxygens (including phenoxy) is 1. The molecule has 6 nitrogen and oxygen atoms in total. The smallest absolute Gasteiger partial charge is 0.413 e. The molecule has 1 aromatic heterocycles. The first-order chi connectivity index (χ1) is 10.0. The van der Waals surface area contributed by atoms with E-state index in [1.54, 1.807) is 0 Å². The molecule has 0 saturated carbocycles. The van der Waals surface area contributed by atoms with Crippen molar-refractivity contribution in [1.82, 2.24) is 5.32 Å². The average molecular weight is 310 g/mol. The van der Waals surface area contributed by atoms with Gasteiger partial charge in [0.25, 0.3) is 5.91 Å². The van der Waals surface area contributed by atoms with Crippen molar-refractivity contribution in [3.63, 3.8) is 0 Å². The summed E-state index contributed by atoms with van der Waals surface area (Å²) in [7, 11) is 1.20. The van der Waals surface area contributed by atoms with Crippen LogP contribution >= 0.6 is 11.3 Å². The van der Waals surface area contributed by atoms with E-state index in [-0.39, 0.29) is 5.91 Å². The van der Waals surface area contributed by atoms with Gasteiger partial charge in [0, 0.05) is 11.8 Å². The highest BCUT2D eigenvalue weighted by molar-refractivity contribution is 7.17. The Hall–Kier alpha value is -1.89. The second-order valence-corrected chi connectivity index (χ2v) is 6.00. The number of nitrogens with one attached hydrogen (secondary N) is 2. The van der Waals surface area contributed by atoms with Gasteiger partial charge in [0.15, 0.2) is 0 Å². The fourth-order valence-electron chi connectivity index (χ4n) is 2.44. The monoisotopic (exact) mass is 310 g/mol. The van der Waals surface area contributed by atoms with Crippen molar-refractivity contribution in [2.75, 3.05) is 12.4 Å². The van der Waals surface area contributed by atoms with Gasteiger partial charge in [-0.05, 0) is 31.2 Å². The van der Waals surface area contributed by atoms with Gasteiger partial charge in [-0.3, -0.25) is 14.9 Å². The first-order valence-corrected chi connectivity index (χ1v) is 7.66. The highest BCUT2D eigenvalue weighted by Gasteiger charge is 2.26. The minimum Gasteiger partial charge on any atom is -0.453 e. The molecule has 2 rings (SSSR count). The van der Waals surface area contributed by atoms with Gasteiger partial charge in [-0.2, -0.15) is 0 Å². The van der Waals surface area contributed by atoms with E-state index in [2.05, 4.69) is 15.4 Å². The number of methoxy groups -OCH3 is 1. The van der Waals surface area contributed by atoms with Crippen LogP contribution < -0.4 is 10.6 Å². The Bertz CT molecular complexity index is 580. The standard InChI is InChI=1S/C14H18N2O4S/c1-8(17)15-13-11(12(18)16-14(19)20-2)9-6-4-3-5-7-10(9)21-13/h3-7H2,1-2H3,(H,15,17)(H,16,18,19). The Balaban J connectivity index is 2.39. The summed E-state index contributed by atoms with van der Waals surface area (Å²) in [6, 6.07) is 0. The Morgan fingerprint density at radius 1 is 1.14 bits per heavy atom. The summed E-state index contributed by atoms with van der Waals surface area (Å²) in [6.45, 7) is 1.40. The van der Waals surface area contributed by atoms with Gasteiger partial charge in [-0.25, -0.2) is 4.79 Å². The largest absolute Gasteiger partial charge is 0.453 e. The first kappa shape index (κ1) is 15.5. The third-order valence-electron chi connectivity index (χ3n) is 3.34. The van der Waals surface area contributed by atoms with Gasteiger partial charge >= 0.3 is 6.09 Å². The predicted octanol–water partition coefficient (Wildman–Crippen LogP) is 2.47. The van der Waals surface area contributed by atoms with Gasteiger partial charge in [-0.15, -0.1) is 11.3 Å². The maximum absolute atomic E-state index is 12.3. The maximum Gasteiger partial charge on any atom is 0.413 e. The summed E-state index contributed by atoms with van der Waals surface area (Å²) in [5.74, 6) is -0.761. The highest BCUT2D eigenvalue weighted by Crippen LogP contribution is 2.37. The summed E-state index contributed by atoms with van der Waals surface area (Å²) >= 11 is 1.42. The molecule has 114 valence electrons. The van der Waals surface area contributed by atoms with Gasteiger partial charge in [0.05, 0.1) is 12.7 Å². The molecule has 2 N–H and O–H groups in total. The zero-order valence-corrected chi connectivity index (χ0v) is 12.9. The molecule has 1 aliphatic carbocycles. The van der Waals surface area contributed by atoms with Gasteiger partial charge < -0.3 is 10.1 Å². The van der Waals surface area contributed by atoms with Crippen LogP contribution in [0.15, 0.2) is 0 Å². The number of hydrogen-bond acceptors (Lipinski definition) is 5. The normalized spacial score (nSPS) is 13.8. The van der Waals surface area contributed by atoms with E-state index in [1.165, 1.54) is 25.4 Å². The van der Waals surface area contributed by atoms with E-state index < -0.39 is 12.0 Å². The van der Waals surface area contributed by atoms with E-state index in [0.29, 0.717) is 10.6 Å². The maximum atomic E-state index is 12.3. The predicted molar refractivity (Wildman–Crippen MR) is 79.8 cm³/mol. The van der Waals surface area contributed by atoms with Crippen molar-refractivity contribution >= 4 is 34.2 Å². The van der Waals surface area contributed by atoms with Gasteiger partial charge in [-0.1, -0.05) is 6.42 Å². The van der Waals surface area contributed by atoms with Crippen LogP contribution in [-0.2, 0) is 22.4 Å². The van der Waals surface area contributed by atoms with E-state index in [1.807, 2.05) is 0 Å². The lowest BCUT2D eigenvalue weighted by atomic mass is 10.0. The summed E-state index contributed by atoms with van der Waals surface area (Å²) < 4.78 is 4.45. The van der Waals surface area contributed by atoms with Crippen molar-refractivity contribution in [1.29, 1.82) is 0 Å². The molecule has 7 heteroatoms. The second kappa shape index (κ2) is 6.71. The summed E-state index contributed by atoms with van der Waals surface area (Å²) in [5.41, 5.74) is 1.35. The number of imide groups is 1. The molecule has 3 amide bonds. The van der Waals surface area contributed by atoms with E-state index in [9.17, 15) is 14.4 Å². The van der Waals surface area contributed by atoms with E-state index in [0.717, 1.165) is 42.5 Å². The van der Waals surface area contributed by atoms with E-state index >= 15 is 0 Å². The molecule has 1 heterocycles. The lowest BCUT2D eigenvalue weighted by Crippen LogP contribution is -2.31. The van der Waals surface area contributed by atoms with Crippen LogP contribution in [0.2, 0.25) is 0 Å². The van der Waals surface area contributed by atoms with Crippen molar-refractivity contribution in [2.24, 2.45) is 0 Å². The fourth-order valence-corrected chi connectivity index (χ4v) is 3.77. The Morgan fingerprint density at radius 2 is 1.86 bits per heavy atom. The first-order valence-electron chi connectivity index (χ1n) is 6.84. The molecular formula is C14H18N2O4S. The third-order valence-corrected chi connectivity index (χ3v) is 4.55. The molecular weight excluding hydrogens is 292 g/mol. The van der Waals surface area contributed by atoms with E-state index in [4.69, 9.17) is 0 Å². The zero-order valence-electron chi connectivity index (χ0n) is 12.1. The second-order valence-electron chi connectivity index (χ2n) is 4.90. The van der Waals surface area contributed by atoms with Crippen LogP contribution in [0.4, 0.5) is 9.80 Å². The molecule has 0 aliphatic heterocycles. The summed E-state index contributed by atoms with van der Waals surface area (Å²) in [4.78, 5) is 36.0. The number of hydrogen-bond donors (Lipinski definition) is 2. The summed E-state index contributed by atoms with van der Waals surface area (Å²) in [6.07, 6.45) is 4.08. The van der Waals surface area contributed by atoms with Gasteiger partial charge in [0.1, 0.15) is 5.00 Å². The SMILES string of the molecule is COC(=O)NC(=O)c1c(NC(C)=O)sc2c1CCCCC2. The van der Waals surface area contributed by atoms with Crippen LogP contribution in [0.3, 0.4) is 0 Å². The molecule has 0 radical (unpaired) electrons. The van der Waals surface area contributed by atoms with Crippen LogP contribution in [0.25, 0.3) is 0 Å². The van der Waals surface area contributed by atoms with Crippen molar-refractivity contribution in [2.45, 2.75) is 39.0 Å². The number of aryl methyl sites for hydroxylation is 1. The number of carbonyl (C=O) groups is 3. The topological polar surface area (TPSA) is 84.5 Å². The number of amides is 3. The Morgan fingerprint density at radius 3 is 2.52 bits per heavy atom. The number of carbonyl (C=O) groups excluding carboxylic acids is 3. The Kier molecular flexibility index (Phi) is 4.95. The lowest BCUT2D eigenvalue weighted by Gasteiger charge is -2.07. The Labute approximate surface area is 126 Å². The number of fused-ring (bicyclic) bond motifs is 1. The zero-order chi connectivity index (χ0) is 15.4. The molecule has 0 saturated heterocycles. The van der Waals surface area contributed by atoms with Gasteiger partial charge in [0.2, 0.25) is 5.91 Å². The fraction of sp³-hybridized carbons (Fsp3) is 0.500. The summed E-state index contributed by atoms with van der Waals surface area (Å²) in [5, 5.41) is 5.37. The quantitative estimate of drug-likeness (QED) is 0.822.